The van der Waals surface area contributed by atoms with Crippen LogP contribution >= 0.6 is 0 Å². The molecule has 0 amide bonds. The Hall–Kier alpha value is -0.353. The third-order valence-corrected chi connectivity index (χ3v) is 7.97. The van der Waals surface area contributed by atoms with E-state index in [4.69, 9.17) is 9.16 Å². The number of hydrogen-bond donors (Lipinski definition) is 0. The molecule has 0 aromatic heterocycles. The molecule has 1 fully saturated rings. The minimum absolute atomic E-state index is 0.0432. The summed E-state index contributed by atoms with van der Waals surface area (Å²) < 4.78 is 11.2. The molecule has 15 heavy (non-hydrogen) atoms. The van der Waals surface area contributed by atoms with Gasteiger partial charge in [-0.05, 0) is 25.1 Å². The zero-order chi connectivity index (χ0) is 11.9. The van der Waals surface area contributed by atoms with E-state index < -0.39 is 8.32 Å². The van der Waals surface area contributed by atoms with Crippen molar-refractivity contribution in [3.05, 3.63) is 0 Å². The van der Waals surface area contributed by atoms with E-state index in [-0.39, 0.29) is 23.2 Å². The maximum absolute atomic E-state index is 11.1. The predicted octanol–water partition coefficient (Wildman–Crippen LogP) is 2.71. The fraction of sp³-hybridized carbons (Fsp3) is 0.909. The van der Waals surface area contributed by atoms with Gasteiger partial charge in [-0.25, -0.2) is 0 Å². The molecule has 1 heterocycles. The number of carbonyl (C=O) groups excluding carboxylic acids is 1. The van der Waals surface area contributed by atoms with E-state index in [9.17, 15) is 4.79 Å². The molecule has 0 radical (unpaired) electrons. The normalized spacial score (nSPS) is 28.0. The quantitative estimate of drug-likeness (QED) is 0.540. The van der Waals surface area contributed by atoms with Crippen molar-refractivity contribution < 1.29 is 14.0 Å². The van der Waals surface area contributed by atoms with Crippen molar-refractivity contribution in [2.45, 2.75) is 64.5 Å². The first-order valence-electron chi connectivity index (χ1n) is 5.51. The molecule has 1 aliphatic heterocycles. The maximum Gasteiger partial charge on any atom is 0.308 e. The fourth-order valence-corrected chi connectivity index (χ4v) is 2.74. The van der Waals surface area contributed by atoms with Gasteiger partial charge in [0.05, 0.1) is 12.5 Å². The fourth-order valence-electron chi connectivity index (χ4n) is 1.35. The van der Waals surface area contributed by atoms with E-state index >= 15 is 0 Å². The molecule has 0 aromatic carbocycles. The number of carbonyl (C=O) groups is 1. The summed E-state index contributed by atoms with van der Waals surface area (Å²) in [5, 5.41) is 0.179. The molecule has 1 aliphatic rings. The second-order valence-corrected chi connectivity index (χ2v) is 10.6. The van der Waals surface area contributed by atoms with Gasteiger partial charge in [-0.15, -0.1) is 0 Å². The topological polar surface area (TPSA) is 35.5 Å². The van der Waals surface area contributed by atoms with Gasteiger partial charge in [0.1, 0.15) is 6.10 Å². The van der Waals surface area contributed by atoms with Crippen molar-refractivity contribution >= 4 is 14.3 Å². The first-order chi connectivity index (χ1) is 6.63. The van der Waals surface area contributed by atoms with Gasteiger partial charge < -0.3 is 9.16 Å². The molecule has 0 N–H and O–H groups in total. The Kier molecular flexibility index (Phi) is 3.31. The van der Waals surface area contributed by atoms with E-state index in [1.165, 1.54) is 0 Å². The molecule has 0 unspecified atom stereocenters. The first kappa shape index (κ1) is 12.7. The second kappa shape index (κ2) is 3.90. The van der Waals surface area contributed by atoms with Crippen LogP contribution in [-0.4, -0.2) is 26.5 Å². The Balaban J connectivity index is 2.66. The Bertz CT molecular complexity index is 255. The summed E-state index contributed by atoms with van der Waals surface area (Å²) >= 11 is 0. The largest absolute Gasteiger partial charge is 0.460 e. The highest BCUT2D eigenvalue weighted by Gasteiger charge is 2.43. The SMILES string of the molecule is C[C@@H]1OC(=O)C[C@@H]1O[Si](C)(C)C(C)(C)C. The summed E-state index contributed by atoms with van der Waals surface area (Å²) in [6, 6.07) is 0. The lowest BCUT2D eigenvalue weighted by molar-refractivity contribution is -0.141. The van der Waals surface area contributed by atoms with Crippen LogP contribution in [0.5, 0.6) is 0 Å². The zero-order valence-electron chi connectivity index (χ0n) is 10.6. The van der Waals surface area contributed by atoms with Crippen molar-refractivity contribution in [1.29, 1.82) is 0 Å². The lowest BCUT2D eigenvalue weighted by atomic mass is 10.2. The zero-order valence-corrected chi connectivity index (χ0v) is 11.6. The summed E-state index contributed by atoms with van der Waals surface area (Å²) in [6.07, 6.45) is 0.276. The number of esters is 1. The molecular weight excluding hydrogens is 208 g/mol. The Morgan fingerprint density at radius 2 is 1.93 bits per heavy atom. The van der Waals surface area contributed by atoms with Crippen molar-refractivity contribution in [3.8, 4) is 0 Å². The van der Waals surface area contributed by atoms with Crippen molar-refractivity contribution in [1.82, 2.24) is 0 Å². The van der Waals surface area contributed by atoms with E-state index in [0.29, 0.717) is 6.42 Å². The van der Waals surface area contributed by atoms with Crippen molar-refractivity contribution in [2.75, 3.05) is 0 Å². The van der Waals surface area contributed by atoms with E-state index in [2.05, 4.69) is 33.9 Å². The van der Waals surface area contributed by atoms with Crippen LogP contribution in [0, 0.1) is 0 Å². The summed E-state index contributed by atoms with van der Waals surface area (Å²) in [6.45, 7) is 12.9. The van der Waals surface area contributed by atoms with Crippen LogP contribution in [0.1, 0.15) is 34.1 Å². The van der Waals surface area contributed by atoms with Gasteiger partial charge >= 0.3 is 5.97 Å². The molecule has 3 nitrogen and oxygen atoms in total. The molecule has 0 aromatic rings. The van der Waals surface area contributed by atoms with Gasteiger partial charge in [0.2, 0.25) is 0 Å². The average molecular weight is 230 g/mol. The van der Waals surface area contributed by atoms with Crippen LogP contribution in [0.4, 0.5) is 0 Å². The van der Waals surface area contributed by atoms with Crippen LogP contribution in [-0.2, 0) is 14.0 Å². The molecule has 0 spiro atoms. The van der Waals surface area contributed by atoms with E-state index in [1.54, 1.807) is 0 Å². The molecule has 2 atom stereocenters. The number of ether oxygens (including phenoxy) is 1. The summed E-state index contributed by atoms with van der Waals surface area (Å²) in [7, 11) is -1.77. The highest BCUT2D eigenvalue weighted by Crippen LogP contribution is 2.38. The molecular formula is C11H22O3Si. The summed E-state index contributed by atoms with van der Waals surface area (Å²) in [5.74, 6) is -0.133. The van der Waals surface area contributed by atoms with Crippen molar-refractivity contribution in [3.63, 3.8) is 0 Å². The summed E-state index contributed by atoms with van der Waals surface area (Å²) in [5.41, 5.74) is 0. The highest BCUT2D eigenvalue weighted by molar-refractivity contribution is 6.74. The molecule has 4 heteroatoms. The van der Waals surface area contributed by atoms with Gasteiger partial charge in [-0.1, -0.05) is 20.8 Å². The van der Waals surface area contributed by atoms with Crippen molar-refractivity contribution in [2.24, 2.45) is 0 Å². The third-order valence-electron chi connectivity index (χ3n) is 3.46. The highest BCUT2D eigenvalue weighted by atomic mass is 28.4. The third kappa shape index (κ3) is 2.81. The van der Waals surface area contributed by atoms with Crippen LogP contribution in [0.3, 0.4) is 0 Å². The Labute approximate surface area is 93.3 Å². The molecule has 1 rings (SSSR count). The minimum Gasteiger partial charge on any atom is -0.460 e. The van der Waals surface area contributed by atoms with E-state index in [0.717, 1.165) is 0 Å². The molecule has 0 saturated carbocycles. The van der Waals surface area contributed by atoms with Crippen LogP contribution < -0.4 is 0 Å². The van der Waals surface area contributed by atoms with Gasteiger partial charge in [0.25, 0.3) is 0 Å². The van der Waals surface area contributed by atoms with E-state index in [1.807, 2.05) is 6.92 Å². The average Bonchev–Trinajstić information content (AvgIpc) is 2.26. The minimum atomic E-state index is -1.77. The predicted molar refractivity (Wildman–Crippen MR) is 62.2 cm³/mol. The molecule has 1 saturated heterocycles. The van der Waals surface area contributed by atoms with Crippen LogP contribution in [0.25, 0.3) is 0 Å². The van der Waals surface area contributed by atoms with Crippen LogP contribution in [0.15, 0.2) is 0 Å². The van der Waals surface area contributed by atoms with Gasteiger partial charge in [0, 0.05) is 0 Å². The van der Waals surface area contributed by atoms with Gasteiger partial charge in [-0.2, -0.15) is 0 Å². The first-order valence-corrected chi connectivity index (χ1v) is 8.41. The number of hydrogen-bond acceptors (Lipinski definition) is 3. The standard InChI is InChI=1S/C11H22O3Si/c1-8-9(7-10(12)13-8)14-15(5,6)11(2,3)4/h8-9H,7H2,1-6H3/t8-,9-/m0/s1. The Morgan fingerprint density at radius 1 is 1.40 bits per heavy atom. The van der Waals surface area contributed by atoms with Crippen LogP contribution in [0.2, 0.25) is 18.1 Å². The molecule has 88 valence electrons. The lowest BCUT2D eigenvalue weighted by Crippen LogP contribution is -2.45. The second-order valence-electron chi connectivity index (χ2n) is 5.82. The lowest BCUT2D eigenvalue weighted by Gasteiger charge is -2.38. The monoisotopic (exact) mass is 230 g/mol. The van der Waals surface area contributed by atoms with Gasteiger partial charge in [-0.3, -0.25) is 4.79 Å². The maximum atomic E-state index is 11.1. The molecule has 0 bridgehead atoms. The van der Waals surface area contributed by atoms with Gasteiger partial charge in [0.15, 0.2) is 8.32 Å². The smallest absolute Gasteiger partial charge is 0.308 e. The number of cyclic esters (lactones) is 1. The number of rotatable bonds is 2. The summed E-state index contributed by atoms with van der Waals surface area (Å²) in [4.78, 5) is 11.1. The molecule has 0 aliphatic carbocycles. The Morgan fingerprint density at radius 3 is 2.27 bits per heavy atom.